The second-order valence-electron chi connectivity index (χ2n) is 6.62. The molecule has 0 atom stereocenters. The van der Waals surface area contributed by atoms with Gasteiger partial charge in [-0.1, -0.05) is 57.8 Å². The number of nitrogens with zero attached hydrogens (tertiary/aromatic N) is 1. The summed E-state index contributed by atoms with van der Waals surface area (Å²) in [6, 6.07) is 4.00. The third-order valence-corrected chi connectivity index (χ3v) is 4.60. The summed E-state index contributed by atoms with van der Waals surface area (Å²) >= 11 is 0. The third-order valence-electron chi connectivity index (χ3n) is 4.60. The van der Waals surface area contributed by atoms with E-state index >= 15 is 0 Å². The van der Waals surface area contributed by atoms with Crippen LogP contribution in [-0.4, -0.2) is 16.9 Å². The fourth-order valence-corrected chi connectivity index (χ4v) is 3.26. The van der Waals surface area contributed by atoms with Crippen molar-refractivity contribution in [1.82, 2.24) is 10.3 Å². The van der Waals surface area contributed by atoms with Gasteiger partial charge in [0.2, 0.25) is 0 Å². The van der Waals surface area contributed by atoms with Crippen molar-refractivity contribution >= 4 is 5.91 Å². The highest BCUT2D eigenvalue weighted by molar-refractivity contribution is 5.94. The molecule has 1 aliphatic rings. The van der Waals surface area contributed by atoms with Gasteiger partial charge < -0.3 is 5.32 Å². The smallest absolute Gasteiger partial charge is 0.251 e. The van der Waals surface area contributed by atoms with Crippen molar-refractivity contribution in [3.63, 3.8) is 0 Å². The van der Waals surface area contributed by atoms with E-state index in [1.54, 1.807) is 12.3 Å². The molecule has 0 aliphatic heterocycles. The highest BCUT2D eigenvalue weighted by Gasteiger charge is 2.14. The molecule has 3 heteroatoms. The molecular formula is C19H30N2O. The number of pyridine rings is 1. The molecule has 3 nitrogen and oxygen atoms in total. The zero-order valence-electron chi connectivity index (χ0n) is 13.9. The lowest BCUT2D eigenvalue weighted by atomic mass is 9.97. The van der Waals surface area contributed by atoms with Gasteiger partial charge >= 0.3 is 0 Å². The number of aryl methyl sites for hydroxylation is 1. The minimum atomic E-state index is 0.0580. The molecule has 0 aromatic carbocycles. The van der Waals surface area contributed by atoms with E-state index in [9.17, 15) is 4.79 Å². The fraction of sp³-hybridized carbons (Fsp3) is 0.684. The zero-order chi connectivity index (χ0) is 15.6. The van der Waals surface area contributed by atoms with E-state index in [0.29, 0.717) is 6.04 Å². The van der Waals surface area contributed by atoms with Crippen molar-refractivity contribution in [3.8, 4) is 0 Å². The highest BCUT2D eigenvalue weighted by atomic mass is 16.1. The molecule has 22 heavy (non-hydrogen) atoms. The first-order valence-corrected chi connectivity index (χ1v) is 8.99. The fourth-order valence-electron chi connectivity index (χ4n) is 3.26. The maximum Gasteiger partial charge on any atom is 0.251 e. The number of carbonyl (C=O) groups is 1. The Morgan fingerprint density at radius 1 is 1.00 bits per heavy atom. The van der Waals surface area contributed by atoms with Gasteiger partial charge in [0.05, 0.1) is 0 Å². The second kappa shape index (κ2) is 9.60. The quantitative estimate of drug-likeness (QED) is 0.853. The molecule has 0 unspecified atom stereocenters. The lowest BCUT2D eigenvalue weighted by Gasteiger charge is -2.19. The molecule has 1 heterocycles. The van der Waals surface area contributed by atoms with Gasteiger partial charge in [0, 0.05) is 23.5 Å². The molecule has 2 rings (SSSR count). The molecule has 1 aromatic heterocycles. The van der Waals surface area contributed by atoms with Crippen LogP contribution in [0.4, 0.5) is 0 Å². The Kier molecular flexibility index (Phi) is 7.41. The lowest BCUT2D eigenvalue weighted by Crippen LogP contribution is -2.35. The first kappa shape index (κ1) is 17.0. The van der Waals surface area contributed by atoms with E-state index in [-0.39, 0.29) is 5.91 Å². The average Bonchev–Trinajstić information content (AvgIpc) is 2.50. The monoisotopic (exact) mass is 302 g/mol. The lowest BCUT2D eigenvalue weighted by molar-refractivity contribution is 0.0931. The summed E-state index contributed by atoms with van der Waals surface area (Å²) in [6.45, 7) is 1.92. The van der Waals surface area contributed by atoms with Crippen LogP contribution in [0.5, 0.6) is 0 Å². The van der Waals surface area contributed by atoms with Gasteiger partial charge in [0.15, 0.2) is 0 Å². The van der Waals surface area contributed by atoms with Crippen LogP contribution in [0.25, 0.3) is 0 Å². The van der Waals surface area contributed by atoms with Crippen molar-refractivity contribution in [3.05, 3.63) is 29.6 Å². The largest absolute Gasteiger partial charge is 0.349 e. The Morgan fingerprint density at radius 2 is 1.55 bits per heavy atom. The van der Waals surface area contributed by atoms with Crippen LogP contribution >= 0.6 is 0 Å². The van der Waals surface area contributed by atoms with Crippen LogP contribution in [0.1, 0.15) is 86.7 Å². The van der Waals surface area contributed by atoms with E-state index in [1.807, 2.05) is 13.0 Å². The van der Waals surface area contributed by atoms with Gasteiger partial charge in [0.25, 0.3) is 5.91 Å². The number of amides is 1. The van der Waals surface area contributed by atoms with Gasteiger partial charge in [-0.05, 0) is 31.9 Å². The molecule has 1 fully saturated rings. The maximum atomic E-state index is 12.4. The number of nitrogens with one attached hydrogen (secondary N) is 1. The highest BCUT2D eigenvalue weighted by Crippen LogP contribution is 2.17. The van der Waals surface area contributed by atoms with E-state index in [1.165, 1.54) is 57.8 Å². The molecule has 1 saturated carbocycles. The summed E-state index contributed by atoms with van der Waals surface area (Å²) in [5.41, 5.74) is 1.63. The Labute approximate surface area is 134 Å². The Bertz CT molecular complexity index is 447. The van der Waals surface area contributed by atoms with Crippen LogP contribution in [-0.2, 0) is 0 Å². The first-order valence-electron chi connectivity index (χ1n) is 8.99. The maximum absolute atomic E-state index is 12.4. The molecule has 122 valence electrons. The predicted octanol–water partition coefficient (Wildman–Crippen LogP) is 4.79. The molecule has 0 bridgehead atoms. The summed E-state index contributed by atoms with van der Waals surface area (Å²) in [4.78, 5) is 16.6. The van der Waals surface area contributed by atoms with Gasteiger partial charge in [-0.25, -0.2) is 0 Å². The Balaban J connectivity index is 1.87. The van der Waals surface area contributed by atoms with E-state index < -0.39 is 0 Å². The molecule has 1 aliphatic carbocycles. The zero-order valence-corrected chi connectivity index (χ0v) is 13.9. The van der Waals surface area contributed by atoms with Crippen LogP contribution in [0.15, 0.2) is 18.3 Å². The number of hydrogen-bond donors (Lipinski definition) is 1. The Hall–Kier alpha value is -1.38. The van der Waals surface area contributed by atoms with E-state index in [4.69, 9.17) is 0 Å². The molecule has 1 amide bonds. The Morgan fingerprint density at radius 3 is 2.09 bits per heavy atom. The van der Waals surface area contributed by atoms with Crippen molar-refractivity contribution < 1.29 is 4.79 Å². The van der Waals surface area contributed by atoms with Crippen LogP contribution < -0.4 is 5.32 Å². The van der Waals surface area contributed by atoms with Gasteiger partial charge in [-0.15, -0.1) is 0 Å². The second-order valence-corrected chi connectivity index (χ2v) is 6.62. The molecule has 0 spiro atoms. The van der Waals surface area contributed by atoms with E-state index in [0.717, 1.165) is 24.1 Å². The minimum absolute atomic E-state index is 0.0580. The molecule has 1 N–H and O–H groups in total. The summed E-state index contributed by atoms with van der Waals surface area (Å²) < 4.78 is 0. The molecule has 0 radical (unpaired) electrons. The summed E-state index contributed by atoms with van der Waals surface area (Å²) in [6.07, 6.45) is 15.9. The number of hydrogen-bond acceptors (Lipinski definition) is 2. The SMILES string of the molecule is Cc1cc(C(=O)NC2CCCCCCCCCCC2)ccn1. The van der Waals surface area contributed by atoms with Crippen LogP contribution in [0.2, 0.25) is 0 Å². The normalized spacial score (nSPS) is 19.0. The van der Waals surface area contributed by atoms with Crippen molar-refractivity contribution in [2.45, 2.75) is 83.6 Å². The average molecular weight is 302 g/mol. The standard InChI is InChI=1S/C19H30N2O/c1-16-15-17(13-14-20-16)19(22)21-18-11-9-7-5-3-2-4-6-8-10-12-18/h13-15,18H,2-12H2,1H3,(H,21,22). The summed E-state index contributed by atoms with van der Waals surface area (Å²) in [5.74, 6) is 0.0580. The molecule has 0 saturated heterocycles. The topological polar surface area (TPSA) is 42.0 Å². The van der Waals surface area contributed by atoms with Crippen molar-refractivity contribution in [1.29, 1.82) is 0 Å². The number of aromatic nitrogens is 1. The summed E-state index contributed by atoms with van der Waals surface area (Å²) in [7, 11) is 0. The van der Waals surface area contributed by atoms with Crippen molar-refractivity contribution in [2.75, 3.05) is 0 Å². The van der Waals surface area contributed by atoms with Crippen LogP contribution in [0.3, 0.4) is 0 Å². The third kappa shape index (κ3) is 6.17. The van der Waals surface area contributed by atoms with Gasteiger partial charge in [-0.2, -0.15) is 0 Å². The summed E-state index contributed by atoms with van der Waals surface area (Å²) in [5, 5.41) is 3.25. The number of rotatable bonds is 2. The van der Waals surface area contributed by atoms with Crippen LogP contribution in [0, 0.1) is 6.92 Å². The molecular weight excluding hydrogens is 272 g/mol. The first-order chi connectivity index (χ1) is 10.8. The van der Waals surface area contributed by atoms with Gasteiger partial charge in [-0.3, -0.25) is 9.78 Å². The van der Waals surface area contributed by atoms with E-state index in [2.05, 4.69) is 10.3 Å². The molecule has 1 aromatic rings. The number of carbonyl (C=O) groups excluding carboxylic acids is 1. The minimum Gasteiger partial charge on any atom is -0.349 e. The van der Waals surface area contributed by atoms with Crippen molar-refractivity contribution in [2.24, 2.45) is 0 Å². The van der Waals surface area contributed by atoms with Gasteiger partial charge in [0.1, 0.15) is 0 Å². The predicted molar refractivity (Wildman–Crippen MR) is 91.0 cm³/mol.